The van der Waals surface area contributed by atoms with Crippen LogP contribution in [0.15, 0.2) is 42.7 Å². The summed E-state index contributed by atoms with van der Waals surface area (Å²) in [5.74, 6) is -0.285. The lowest BCUT2D eigenvalue weighted by atomic mass is 10.2. The van der Waals surface area contributed by atoms with Gasteiger partial charge in [-0.15, -0.1) is 0 Å². The average molecular weight is 259 g/mol. The first-order valence-electron chi connectivity index (χ1n) is 5.51. The second-order valence-corrected chi connectivity index (χ2v) is 4.39. The predicted molar refractivity (Wildman–Crippen MR) is 70.4 cm³/mol. The molecule has 0 saturated heterocycles. The fourth-order valence-electron chi connectivity index (χ4n) is 1.97. The van der Waals surface area contributed by atoms with Crippen molar-refractivity contribution in [1.29, 1.82) is 0 Å². The molecule has 90 valence electrons. The molecule has 18 heavy (non-hydrogen) atoms. The van der Waals surface area contributed by atoms with E-state index in [2.05, 4.69) is 9.97 Å². The number of benzene rings is 1. The summed E-state index contributed by atoms with van der Waals surface area (Å²) in [6, 6.07) is 8.79. The summed E-state index contributed by atoms with van der Waals surface area (Å²) in [4.78, 5) is 6.87. The third kappa shape index (κ3) is 1.82. The van der Waals surface area contributed by atoms with Gasteiger partial charge in [0, 0.05) is 12.4 Å². The minimum absolute atomic E-state index is 0.285. The molecule has 0 aliphatic rings. The summed E-state index contributed by atoms with van der Waals surface area (Å²) >= 11 is 5.24. The molecule has 3 aromatic rings. The first-order valence-corrected chi connectivity index (χ1v) is 5.92. The molecule has 0 aliphatic carbocycles. The molecule has 0 aliphatic heterocycles. The van der Waals surface area contributed by atoms with Gasteiger partial charge in [0.25, 0.3) is 0 Å². The summed E-state index contributed by atoms with van der Waals surface area (Å²) in [6.07, 6.45) is 3.46. The summed E-state index contributed by atoms with van der Waals surface area (Å²) in [5.41, 5.74) is 2.31. The molecule has 0 unspecified atom stereocenters. The van der Waals surface area contributed by atoms with E-state index in [1.54, 1.807) is 18.5 Å². The maximum atomic E-state index is 13.6. The third-order valence-electron chi connectivity index (χ3n) is 2.85. The normalized spacial score (nSPS) is 10.9. The van der Waals surface area contributed by atoms with Gasteiger partial charge in [-0.25, -0.2) is 4.39 Å². The standard InChI is InChI=1S/C13H10FN3S/c14-10-2-1-3-11-12(10)16-13(18)17(11)8-9-4-6-15-7-5-9/h1-7H,8H2,(H,16,18). The molecule has 0 saturated carbocycles. The lowest BCUT2D eigenvalue weighted by Gasteiger charge is -2.04. The smallest absolute Gasteiger partial charge is 0.178 e. The number of para-hydroxylation sites is 1. The molecule has 5 heteroatoms. The Balaban J connectivity index is 2.15. The molecule has 0 radical (unpaired) electrons. The SMILES string of the molecule is Fc1cccc2c1[nH]c(=S)n2Cc1ccncc1. The van der Waals surface area contributed by atoms with E-state index >= 15 is 0 Å². The van der Waals surface area contributed by atoms with Gasteiger partial charge in [0.1, 0.15) is 11.3 Å². The van der Waals surface area contributed by atoms with Crippen molar-refractivity contribution < 1.29 is 4.39 Å². The summed E-state index contributed by atoms with van der Waals surface area (Å²) in [5, 5.41) is 0. The van der Waals surface area contributed by atoms with Crippen molar-refractivity contribution in [2.24, 2.45) is 0 Å². The molecule has 0 spiro atoms. The van der Waals surface area contributed by atoms with Gasteiger partial charge in [0.15, 0.2) is 4.77 Å². The Hall–Kier alpha value is -2.01. The van der Waals surface area contributed by atoms with Crippen molar-refractivity contribution in [3.05, 3.63) is 58.9 Å². The third-order valence-corrected chi connectivity index (χ3v) is 3.17. The van der Waals surface area contributed by atoms with Gasteiger partial charge in [-0.1, -0.05) is 6.07 Å². The zero-order valence-corrected chi connectivity index (χ0v) is 10.2. The Bertz CT molecular complexity index is 746. The molecule has 3 rings (SSSR count). The number of aromatic amines is 1. The zero-order valence-electron chi connectivity index (χ0n) is 9.43. The number of H-pyrrole nitrogens is 1. The van der Waals surface area contributed by atoms with Crippen LogP contribution in [0.3, 0.4) is 0 Å². The Morgan fingerprint density at radius 3 is 2.78 bits per heavy atom. The molecule has 0 amide bonds. The van der Waals surface area contributed by atoms with Crippen molar-refractivity contribution in [3.8, 4) is 0 Å². The highest BCUT2D eigenvalue weighted by atomic mass is 32.1. The second-order valence-electron chi connectivity index (χ2n) is 4.01. The highest BCUT2D eigenvalue weighted by Gasteiger charge is 2.08. The van der Waals surface area contributed by atoms with E-state index in [1.807, 2.05) is 22.8 Å². The highest BCUT2D eigenvalue weighted by Crippen LogP contribution is 2.18. The predicted octanol–water partition coefficient (Wildman–Crippen LogP) is 3.28. The van der Waals surface area contributed by atoms with Gasteiger partial charge < -0.3 is 9.55 Å². The highest BCUT2D eigenvalue weighted by molar-refractivity contribution is 7.71. The molecule has 1 N–H and O–H groups in total. The molecule has 0 fully saturated rings. The van der Waals surface area contributed by atoms with Crippen molar-refractivity contribution in [2.45, 2.75) is 6.54 Å². The Kier molecular flexibility index (Phi) is 2.68. The number of aromatic nitrogens is 3. The molecule has 0 atom stereocenters. The summed E-state index contributed by atoms with van der Waals surface area (Å²) in [7, 11) is 0. The van der Waals surface area contributed by atoms with Crippen LogP contribution < -0.4 is 0 Å². The minimum Gasteiger partial charge on any atom is -0.328 e. The van der Waals surface area contributed by atoms with Gasteiger partial charge in [-0.3, -0.25) is 4.98 Å². The van der Waals surface area contributed by atoms with E-state index in [1.165, 1.54) is 6.07 Å². The van der Waals surface area contributed by atoms with Gasteiger partial charge >= 0.3 is 0 Å². The number of hydrogen-bond acceptors (Lipinski definition) is 2. The van der Waals surface area contributed by atoms with Gasteiger partial charge in [-0.2, -0.15) is 0 Å². The van der Waals surface area contributed by atoms with Gasteiger partial charge in [0.2, 0.25) is 0 Å². The lowest BCUT2D eigenvalue weighted by Crippen LogP contribution is -1.99. The Labute approximate surface area is 108 Å². The topological polar surface area (TPSA) is 33.6 Å². The molecular weight excluding hydrogens is 249 g/mol. The number of fused-ring (bicyclic) bond motifs is 1. The van der Waals surface area contributed by atoms with Crippen LogP contribution in [-0.2, 0) is 6.54 Å². The number of pyridine rings is 1. The molecule has 3 nitrogen and oxygen atoms in total. The first-order chi connectivity index (χ1) is 8.75. The van der Waals surface area contributed by atoms with E-state index in [0.717, 1.165) is 11.1 Å². The van der Waals surface area contributed by atoms with Crippen LogP contribution in [0.1, 0.15) is 5.56 Å². The molecule has 2 aromatic heterocycles. The largest absolute Gasteiger partial charge is 0.328 e. The fraction of sp³-hybridized carbons (Fsp3) is 0.0769. The zero-order chi connectivity index (χ0) is 12.5. The average Bonchev–Trinajstić information content (AvgIpc) is 2.70. The molecule has 0 bridgehead atoms. The van der Waals surface area contributed by atoms with Gasteiger partial charge in [-0.05, 0) is 42.0 Å². The second kappa shape index (κ2) is 4.34. The Morgan fingerprint density at radius 1 is 1.22 bits per heavy atom. The van der Waals surface area contributed by atoms with Crippen LogP contribution >= 0.6 is 12.2 Å². The van der Waals surface area contributed by atoms with Crippen LogP contribution in [0.5, 0.6) is 0 Å². The van der Waals surface area contributed by atoms with E-state index in [4.69, 9.17) is 12.2 Å². The van der Waals surface area contributed by atoms with E-state index < -0.39 is 0 Å². The molecule has 1 aromatic carbocycles. The Morgan fingerprint density at radius 2 is 2.00 bits per heavy atom. The number of nitrogens with one attached hydrogen (secondary N) is 1. The maximum absolute atomic E-state index is 13.6. The van der Waals surface area contributed by atoms with Crippen LogP contribution in [-0.4, -0.2) is 14.5 Å². The quantitative estimate of drug-likeness (QED) is 0.716. The number of imidazole rings is 1. The van der Waals surface area contributed by atoms with E-state index in [0.29, 0.717) is 16.8 Å². The van der Waals surface area contributed by atoms with Crippen LogP contribution in [0, 0.1) is 10.6 Å². The first kappa shape index (κ1) is 11.1. The van der Waals surface area contributed by atoms with E-state index in [-0.39, 0.29) is 5.82 Å². The molecular formula is C13H10FN3S. The maximum Gasteiger partial charge on any atom is 0.178 e. The van der Waals surface area contributed by atoms with Crippen molar-refractivity contribution >= 4 is 23.3 Å². The van der Waals surface area contributed by atoms with Crippen LogP contribution in [0.4, 0.5) is 4.39 Å². The number of halogens is 1. The van der Waals surface area contributed by atoms with Gasteiger partial charge in [0.05, 0.1) is 12.1 Å². The number of rotatable bonds is 2. The van der Waals surface area contributed by atoms with E-state index in [9.17, 15) is 4.39 Å². The van der Waals surface area contributed by atoms with Crippen LogP contribution in [0.25, 0.3) is 11.0 Å². The summed E-state index contributed by atoms with van der Waals surface area (Å²) in [6.45, 7) is 0.602. The monoisotopic (exact) mass is 259 g/mol. The van der Waals surface area contributed by atoms with Crippen LogP contribution in [0.2, 0.25) is 0 Å². The van der Waals surface area contributed by atoms with Crippen molar-refractivity contribution in [1.82, 2.24) is 14.5 Å². The number of nitrogens with zero attached hydrogens (tertiary/aromatic N) is 2. The molecule has 2 heterocycles. The minimum atomic E-state index is -0.285. The van der Waals surface area contributed by atoms with Crippen molar-refractivity contribution in [2.75, 3.05) is 0 Å². The van der Waals surface area contributed by atoms with Crippen molar-refractivity contribution in [3.63, 3.8) is 0 Å². The fourth-order valence-corrected chi connectivity index (χ4v) is 2.24. The summed E-state index contributed by atoms with van der Waals surface area (Å²) < 4.78 is 16.0. The number of hydrogen-bond donors (Lipinski definition) is 1. The lowest BCUT2D eigenvalue weighted by molar-refractivity contribution is 0.637.